The van der Waals surface area contributed by atoms with Crippen LogP contribution in [0.15, 0.2) is 0 Å². The van der Waals surface area contributed by atoms with Crippen LogP contribution in [0.5, 0.6) is 0 Å². The van der Waals surface area contributed by atoms with Crippen LogP contribution in [0.4, 0.5) is 4.79 Å². The molecule has 5 nitrogen and oxygen atoms in total. The van der Waals surface area contributed by atoms with Crippen LogP contribution in [-0.2, 0) is 4.74 Å². The predicted octanol–water partition coefficient (Wildman–Crippen LogP) is 2.07. The minimum absolute atomic E-state index is 0.156. The molecule has 0 aromatic heterocycles. The van der Waals surface area contributed by atoms with Crippen molar-refractivity contribution in [2.75, 3.05) is 32.7 Å². The first kappa shape index (κ1) is 16.1. The molecule has 0 aromatic carbocycles. The highest BCUT2D eigenvalue weighted by molar-refractivity contribution is 5.74. The van der Waals surface area contributed by atoms with Gasteiger partial charge in [0.15, 0.2) is 0 Å². The van der Waals surface area contributed by atoms with Crippen LogP contribution in [0.2, 0.25) is 0 Å². The molecule has 0 spiro atoms. The molecule has 2 aliphatic heterocycles. The molecule has 3 rings (SSSR count). The van der Waals surface area contributed by atoms with E-state index in [0.717, 1.165) is 51.5 Å². The Hall–Kier alpha value is -0.810. The average molecular weight is 309 g/mol. The van der Waals surface area contributed by atoms with Gasteiger partial charge in [-0.2, -0.15) is 0 Å². The van der Waals surface area contributed by atoms with Crippen molar-refractivity contribution in [2.24, 2.45) is 5.92 Å². The third-order valence-corrected chi connectivity index (χ3v) is 5.37. The lowest BCUT2D eigenvalue weighted by atomic mass is 9.85. The van der Waals surface area contributed by atoms with Gasteiger partial charge in [-0.05, 0) is 45.4 Å². The number of rotatable bonds is 4. The van der Waals surface area contributed by atoms with E-state index >= 15 is 0 Å². The van der Waals surface area contributed by atoms with E-state index in [4.69, 9.17) is 4.74 Å². The molecule has 1 saturated carbocycles. The number of ether oxygens (including phenoxy) is 1. The highest BCUT2D eigenvalue weighted by atomic mass is 16.5. The highest BCUT2D eigenvalue weighted by Gasteiger charge is 2.32. The normalized spacial score (nSPS) is 33.7. The van der Waals surface area contributed by atoms with Gasteiger partial charge in [-0.15, -0.1) is 0 Å². The molecule has 2 heterocycles. The predicted molar refractivity (Wildman–Crippen MR) is 86.9 cm³/mol. The van der Waals surface area contributed by atoms with Gasteiger partial charge in [-0.25, -0.2) is 4.79 Å². The lowest BCUT2D eigenvalue weighted by Gasteiger charge is -2.38. The fourth-order valence-electron chi connectivity index (χ4n) is 4.05. The van der Waals surface area contributed by atoms with Crippen LogP contribution < -0.4 is 5.32 Å². The van der Waals surface area contributed by atoms with E-state index in [0.29, 0.717) is 18.2 Å². The number of nitrogens with zero attached hydrogens (tertiary/aromatic N) is 2. The summed E-state index contributed by atoms with van der Waals surface area (Å²) in [6.45, 7) is 9.02. The van der Waals surface area contributed by atoms with Crippen LogP contribution in [-0.4, -0.2) is 66.8 Å². The molecule has 2 saturated heterocycles. The second-order valence-corrected chi connectivity index (χ2v) is 7.45. The van der Waals surface area contributed by atoms with Gasteiger partial charge in [0.1, 0.15) is 0 Å². The first-order chi connectivity index (χ1) is 10.6. The fraction of sp³-hybridized carbons (Fsp3) is 0.941. The topological polar surface area (TPSA) is 44.8 Å². The molecule has 0 radical (unpaired) electrons. The van der Waals surface area contributed by atoms with Crippen molar-refractivity contribution in [3.05, 3.63) is 0 Å². The zero-order chi connectivity index (χ0) is 15.5. The summed E-state index contributed by atoms with van der Waals surface area (Å²) in [6.07, 6.45) is 6.77. The van der Waals surface area contributed by atoms with Gasteiger partial charge in [0.25, 0.3) is 0 Å². The third kappa shape index (κ3) is 3.93. The van der Waals surface area contributed by atoms with Crippen molar-refractivity contribution in [2.45, 2.75) is 64.2 Å². The molecule has 3 unspecified atom stereocenters. The second-order valence-electron chi connectivity index (χ2n) is 7.45. The van der Waals surface area contributed by atoms with E-state index in [1.54, 1.807) is 0 Å². The summed E-state index contributed by atoms with van der Waals surface area (Å²) in [6, 6.07) is 0.530. The quantitative estimate of drug-likeness (QED) is 0.865. The summed E-state index contributed by atoms with van der Waals surface area (Å²) in [5.41, 5.74) is 0. The smallest absolute Gasteiger partial charge is 0.317 e. The number of hydrogen-bond donors (Lipinski definition) is 1. The monoisotopic (exact) mass is 309 g/mol. The van der Waals surface area contributed by atoms with E-state index in [9.17, 15) is 4.79 Å². The van der Waals surface area contributed by atoms with E-state index < -0.39 is 0 Å². The number of hydrogen-bond acceptors (Lipinski definition) is 3. The molecular formula is C17H31N3O2. The van der Waals surface area contributed by atoms with E-state index in [1.807, 2.05) is 0 Å². The van der Waals surface area contributed by atoms with E-state index in [2.05, 4.69) is 29.0 Å². The summed E-state index contributed by atoms with van der Waals surface area (Å²) < 4.78 is 5.80. The maximum absolute atomic E-state index is 12.4. The van der Waals surface area contributed by atoms with Crippen LogP contribution in [0, 0.1) is 5.92 Å². The van der Waals surface area contributed by atoms with Gasteiger partial charge in [0, 0.05) is 38.8 Å². The Morgan fingerprint density at radius 2 is 1.86 bits per heavy atom. The Bertz CT molecular complexity index is 376. The van der Waals surface area contributed by atoms with Crippen molar-refractivity contribution in [3.8, 4) is 0 Å². The summed E-state index contributed by atoms with van der Waals surface area (Å²) in [5, 5.41) is 3.16. The molecular weight excluding hydrogens is 278 g/mol. The van der Waals surface area contributed by atoms with Crippen LogP contribution in [0.3, 0.4) is 0 Å². The fourth-order valence-corrected chi connectivity index (χ4v) is 4.05. The van der Waals surface area contributed by atoms with Gasteiger partial charge < -0.3 is 15.0 Å². The highest BCUT2D eigenvalue weighted by Crippen LogP contribution is 2.26. The van der Waals surface area contributed by atoms with Crippen LogP contribution in [0.25, 0.3) is 0 Å². The average Bonchev–Trinajstić information content (AvgIpc) is 2.83. The molecule has 3 aliphatic rings. The van der Waals surface area contributed by atoms with Crippen molar-refractivity contribution in [1.29, 1.82) is 0 Å². The molecule has 126 valence electrons. The molecule has 5 heteroatoms. The van der Waals surface area contributed by atoms with Gasteiger partial charge >= 0.3 is 6.03 Å². The number of urea groups is 1. The molecule has 0 bridgehead atoms. The third-order valence-electron chi connectivity index (χ3n) is 5.37. The lowest BCUT2D eigenvalue weighted by Crippen LogP contribution is -2.52. The van der Waals surface area contributed by atoms with E-state index in [-0.39, 0.29) is 6.03 Å². The van der Waals surface area contributed by atoms with Gasteiger partial charge in [0.2, 0.25) is 0 Å². The number of likely N-dealkylation sites (tertiary alicyclic amines) is 1. The largest absolute Gasteiger partial charge is 0.373 e. The first-order valence-electron chi connectivity index (χ1n) is 9.04. The molecule has 3 atom stereocenters. The minimum atomic E-state index is 0.156. The number of carbonyl (C=O) groups is 1. The van der Waals surface area contributed by atoms with E-state index in [1.165, 1.54) is 19.3 Å². The number of amides is 2. The zero-order valence-electron chi connectivity index (χ0n) is 14.1. The Labute approximate surface area is 134 Å². The van der Waals surface area contributed by atoms with Gasteiger partial charge in [-0.3, -0.25) is 4.90 Å². The Balaban J connectivity index is 1.48. The second kappa shape index (κ2) is 7.18. The number of carbonyl (C=O) groups excluding carboxylic acids is 1. The molecule has 1 N–H and O–H groups in total. The van der Waals surface area contributed by atoms with Crippen LogP contribution in [0.1, 0.15) is 46.0 Å². The maximum atomic E-state index is 12.4. The molecule has 22 heavy (non-hydrogen) atoms. The summed E-state index contributed by atoms with van der Waals surface area (Å²) in [5.74, 6) is 0.728. The Morgan fingerprint density at radius 3 is 2.50 bits per heavy atom. The van der Waals surface area contributed by atoms with Gasteiger partial charge in [-0.1, -0.05) is 6.42 Å². The summed E-state index contributed by atoms with van der Waals surface area (Å²) in [7, 11) is 0. The van der Waals surface area contributed by atoms with Crippen molar-refractivity contribution in [1.82, 2.24) is 15.1 Å². The summed E-state index contributed by atoms with van der Waals surface area (Å²) >= 11 is 0. The minimum Gasteiger partial charge on any atom is -0.373 e. The SMILES string of the molecule is CC1CN(CC2CCCN2C(=O)NCC2CCC2)CC(C)O1. The summed E-state index contributed by atoms with van der Waals surface area (Å²) in [4.78, 5) is 17.0. The number of nitrogens with one attached hydrogen (secondary N) is 1. The zero-order valence-corrected chi connectivity index (χ0v) is 14.1. The lowest BCUT2D eigenvalue weighted by molar-refractivity contribution is -0.0713. The van der Waals surface area contributed by atoms with Crippen molar-refractivity contribution < 1.29 is 9.53 Å². The number of morpholine rings is 1. The van der Waals surface area contributed by atoms with Crippen molar-refractivity contribution in [3.63, 3.8) is 0 Å². The Kier molecular flexibility index (Phi) is 5.24. The van der Waals surface area contributed by atoms with Crippen LogP contribution >= 0.6 is 0 Å². The maximum Gasteiger partial charge on any atom is 0.317 e. The molecule has 2 amide bonds. The van der Waals surface area contributed by atoms with Crippen molar-refractivity contribution >= 4 is 6.03 Å². The van der Waals surface area contributed by atoms with Gasteiger partial charge in [0.05, 0.1) is 12.2 Å². The molecule has 0 aromatic rings. The standard InChI is InChI=1S/C17H31N3O2/c1-13-10-19(11-14(2)22-13)12-16-7-4-8-20(16)17(21)18-9-15-5-3-6-15/h13-16H,3-12H2,1-2H3,(H,18,21). The molecule has 3 fully saturated rings. The first-order valence-corrected chi connectivity index (χ1v) is 9.04. The molecule has 1 aliphatic carbocycles. The Morgan fingerprint density at radius 1 is 1.14 bits per heavy atom.